The fraction of sp³-hybridized carbons (Fsp3) is 0.600. The first-order valence-corrected chi connectivity index (χ1v) is 6.72. The third-order valence-electron chi connectivity index (χ3n) is 4.34. The second-order valence-electron chi connectivity index (χ2n) is 5.72. The van der Waals surface area contributed by atoms with Gasteiger partial charge in [0, 0.05) is 12.1 Å². The van der Waals surface area contributed by atoms with E-state index in [1.807, 2.05) is 0 Å². The lowest BCUT2D eigenvalue weighted by molar-refractivity contribution is 0.109. The van der Waals surface area contributed by atoms with Gasteiger partial charge < -0.3 is 5.11 Å². The maximum Gasteiger partial charge on any atom is 0.127 e. The molecule has 2 rings (SSSR count). The summed E-state index contributed by atoms with van der Waals surface area (Å²) in [6.45, 7) is 7.20. The second-order valence-corrected chi connectivity index (χ2v) is 5.72. The van der Waals surface area contributed by atoms with E-state index < -0.39 is 0 Å². The van der Waals surface area contributed by atoms with E-state index in [2.05, 4.69) is 18.7 Å². The molecular weight excluding hydrogens is 229 g/mol. The second kappa shape index (κ2) is 5.27. The van der Waals surface area contributed by atoms with E-state index in [9.17, 15) is 9.50 Å². The van der Waals surface area contributed by atoms with E-state index in [0.29, 0.717) is 17.5 Å². The molecule has 0 bridgehead atoms. The highest BCUT2D eigenvalue weighted by Crippen LogP contribution is 2.34. The number of piperidine rings is 1. The molecule has 100 valence electrons. The molecule has 1 aliphatic heterocycles. The zero-order chi connectivity index (χ0) is 13.2. The lowest BCUT2D eigenvalue weighted by Gasteiger charge is -2.39. The van der Waals surface area contributed by atoms with Gasteiger partial charge in [-0.05, 0) is 49.5 Å². The average Bonchev–Trinajstić information content (AvgIpc) is 2.37. The van der Waals surface area contributed by atoms with Gasteiger partial charge in [-0.25, -0.2) is 4.39 Å². The van der Waals surface area contributed by atoms with Crippen molar-refractivity contribution in [1.82, 2.24) is 4.90 Å². The van der Waals surface area contributed by atoms with Crippen LogP contribution >= 0.6 is 0 Å². The minimum absolute atomic E-state index is 0.141. The Morgan fingerprint density at radius 3 is 2.61 bits per heavy atom. The number of likely N-dealkylation sites (tertiary alicyclic amines) is 1. The van der Waals surface area contributed by atoms with Crippen LogP contribution in [0.4, 0.5) is 4.39 Å². The molecule has 2 nitrogen and oxygen atoms in total. The molecule has 0 radical (unpaired) electrons. The summed E-state index contributed by atoms with van der Waals surface area (Å²) >= 11 is 0. The standard InChI is InChI=1S/C15H22FNO/c1-3-15(2)6-8-17(9-7-15)11-12-10-13(18)4-5-14(12)16/h4-5,10,18H,3,6-9,11H2,1-2H3. The van der Waals surface area contributed by atoms with E-state index >= 15 is 0 Å². The van der Waals surface area contributed by atoms with Crippen LogP contribution in [0.2, 0.25) is 0 Å². The topological polar surface area (TPSA) is 23.5 Å². The Hall–Kier alpha value is -1.09. The summed E-state index contributed by atoms with van der Waals surface area (Å²) in [6, 6.07) is 4.26. The number of nitrogens with zero attached hydrogens (tertiary/aromatic N) is 1. The number of phenols is 1. The Kier molecular flexibility index (Phi) is 3.91. The van der Waals surface area contributed by atoms with E-state index in [0.717, 1.165) is 13.1 Å². The molecule has 1 aromatic rings. The molecule has 0 amide bonds. The molecular formula is C15H22FNO. The summed E-state index contributed by atoms with van der Waals surface area (Å²) in [4.78, 5) is 2.27. The van der Waals surface area contributed by atoms with Gasteiger partial charge in [-0.15, -0.1) is 0 Å². The van der Waals surface area contributed by atoms with Crippen LogP contribution in [0.15, 0.2) is 18.2 Å². The van der Waals surface area contributed by atoms with Crippen LogP contribution in [0.3, 0.4) is 0 Å². The number of benzene rings is 1. The Morgan fingerprint density at radius 2 is 2.00 bits per heavy atom. The number of halogens is 1. The highest BCUT2D eigenvalue weighted by Gasteiger charge is 2.28. The fourth-order valence-electron chi connectivity index (χ4n) is 2.53. The monoisotopic (exact) mass is 251 g/mol. The SMILES string of the molecule is CCC1(C)CCN(Cc2cc(O)ccc2F)CC1. The molecule has 18 heavy (non-hydrogen) atoms. The van der Waals surface area contributed by atoms with Crippen LogP contribution < -0.4 is 0 Å². The molecule has 0 unspecified atom stereocenters. The smallest absolute Gasteiger partial charge is 0.127 e. The molecule has 0 aliphatic carbocycles. The Morgan fingerprint density at radius 1 is 1.33 bits per heavy atom. The lowest BCUT2D eigenvalue weighted by Crippen LogP contribution is -2.38. The first-order chi connectivity index (χ1) is 8.52. The summed E-state index contributed by atoms with van der Waals surface area (Å²) in [5.41, 5.74) is 1.04. The number of rotatable bonds is 3. The van der Waals surface area contributed by atoms with Crippen molar-refractivity contribution in [3.8, 4) is 5.75 Å². The number of aromatic hydroxyl groups is 1. The van der Waals surface area contributed by atoms with E-state index in [4.69, 9.17) is 0 Å². The molecule has 1 aromatic carbocycles. The summed E-state index contributed by atoms with van der Waals surface area (Å²) in [6.07, 6.45) is 3.55. The molecule has 0 spiro atoms. The molecule has 3 heteroatoms. The van der Waals surface area contributed by atoms with Crippen molar-refractivity contribution in [1.29, 1.82) is 0 Å². The zero-order valence-electron chi connectivity index (χ0n) is 11.2. The maximum absolute atomic E-state index is 13.6. The number of phenolic OH excluding ortho intramolecular Hbond substituents is 1. The van der Waals surface area contributed by atoms with Crippen LogP contribution in [0.1, 0.15) is 38.7 Å². The largest absolute Gasteiger partial charge is 0.508 e. The van der Waals surface area contributed by atoms with Gasteiger partial charge >= 0.3 is 0 Å². The normalized spacial score (nSPS) is 19.9. The van der Waals surface area contributed by atoms with Crippen LogP contribution in [-0.4, -0.2) is 23.1 Å². The van der Waals surface area contributed by atoms with Crippen molar-refractivity contribution in [3.05, 3.63) is 29.6 Å². The van der Waals surface area contributed by atoms with E-state index in [1.54, 1.807) is 0 Å². The predicted octanol–water partition coefficient (Wildman–Crippen LogP) is 3.54. The molecule has 1 aliphatic rings. The first kappa shape index (κ1) is 13.3. The molecule has 1 fully saturated rings. The minimum Gasteiger partial charge on any atom is -0.508 e. The van der Waals surface area contributed by atoms with Gasteiger partial charge in [0.1, 0.15) is 11.6 Å². The van der Waals surface area contributed by atoms with Crippen molar-refractivity contribution in [2.24, 2.45) is 5.41 Å². The molecule has 1 saturated heterocycles. The van der Waals surface area contributed by atoms with Gasteiger partial charge in [-0.1, -0.05) is 20.3 Å². The summed E-state index contributed by atoms with van der Waals surface area (Å²) in [5, 5.41) is 9.40. The highest BCUT2D eigenvalue weighted by molar-refractivity contribution is 5.28. The third-order valence-corrected chi connectivity index (χ3v) is 4.34. The van der Waals surface area contributed by atoms with Crippen molar-refractivity contribution >= 4 is 0 Å². The predicted molar refractivity (Wildman–Crippen MR) is 71.0 cm³/mol. The summed E-state index contributed by atoms with van der Waals surface area (Å²) in [7, 11) is 0. The third kappa shape index (κ3) is 3.02. The molecule has 0 atom stereocenters. The Bertz CT molecular complexity index is 411. The Labute approximate surface area is 108 Å². The Balaban J connectivity index is 1.97. The van der Waals surface area contributed by atoms with E-state index in [-0.39, 0.29) is 11.6 Å². The quantitative estimate of drug-likeness (QED) is 0.888. The van der Waals surface area contributed by atoms with Crippen molar-refractivity contribution < 1.29 is 9.50 Å². The minimum atomic E-state index is -0.225. The van der Waals surface area contributed by atoms with Crippen molar-refractivity contribution in [2.75, 3.05) is 13.1 Å². The van der Waals surface area contributed by atoms with Crippen molar-refractivity contribution in [2.45, 2.75) is 39.7 Å². The van der Waals surface area contributed by atoms with Crippen LogP contribution in [-0.2, 0) is 6.54 Å². The van der Waals surface area contributed by atoms with E-state index in [1.165, 1.54) is 37.5 Å². The van der Waals surface area contributed by atoms with Gasteiger partial charge in [0.25, 0.3) is 0 Å². The van der Waals surface area contributed by atoms with Gasteiger partial charge in [0.05, 0.1) is 0 Å². The average molecular weight is 251 g/mol. The summed E-state index contributed by atoms with van der Waals surface area (Å²) in [5.74, 6) is -0.0848. The van der Waals surface area contributed by atoms with Gasteiger partial charge in [0.2, 0.25) is 0 Å². The van der Waals surface area contributed by atoms with Gasteiger partial charge in [-0.2, -0.15) is 0 Å². The highest BCUT2D eigenvalue weighted by atomic mass is 19.1. The fourth-order valence-corrected chi connectivity index (χ4v) is 2.53. The lowest BCUT2D eigenvalue weighted by atomic mass is 9.78. The van der Waals surface area contributed by atoms with Gasteiger partial charge in [0.15, 0.2) is 0 Å². The number of hydrogen-bond donors (Lipinski definition) is 1. The molecule has 1 N–H and O–H groups in total. The first-order valence-electron chi connectivity index (χ1n) is 6.72. The molecule has 0 aromatic heterocycles. The van der Waals surface area contributed by atoms with Crippen molar-refractivity contribution in [3.63, 3.8) is 0 Å². The van der Waals surface area contributed by atoms with Crippen LogP contribution in [0.25, 0.3) is 0 Å². The van der Waals surface area contributed by atoms with Crippen LogP contribution in [0, 0.1) is 11.2 Å². The molecule has 0 saturated carbocycles. The summed E-state index contributed by atoms with van der Waals surface area (Å²) < 4.78 is 13.6. The zero-order valence-corrected chi connectivity index (χ0v) is 11.2. The van der Waals surface area contributed by atoms with Crippen LogP contribution in [0.5, 0.6) is 5.75 Å². The molecule has 1 heterocycles. The maximum atomic E-state index is 13.6. The number of hydrogen-bond acceptors (Lipinski definition) is 2. The van der Waals surface area contributed by atoms with Gasteiger partial charge in [-0.3, -0.25) is 4.90 Å².